The van der Waals surface area contributed by atoms with Gasteiger partial charge in [-0.05, 0) is 55.9 Å². The van der Waals surface area contributed by atoms with E-state index in [2.05, 4.69) is 36.7 Å². The normalized spacial score (nSPS) is 12.7. The SMILES string of the molecule is CCCC(N)C(O)=S.CCCC(N)C(O)=S.CCCC(N)C(O)=S.[Cr]. The Labute approximate surface area is 178 Å². The Bertz CT molecular complexity index is 312. The van der Waals surface area contributed by atoms with Crippen molar-refractivity contribution in [3.05, 3.63) is 0 Å². The van der Waals surface area contributed by atoms with Crippen LogP contribution in [-0.2, 0) is 17.4 Å². The molecular formula is C15H33CrN3O3S3. The molecule has 0 aromatic rings. The molecule has 0 aliphatic heterocycles. The summed E-state index contributed by atoms with van der Waals surface area (Å²) in [5.41, 5.74) is 16.0. The number of thiocarbonyl (C=S) groups is 3. The minimum Gasteiger partial charge on any atom is -0.501 e. The molecule has 0 fully saturated rings. The third-order valence-electron chi connectivity index (χ3n) is 2.75. The molecule has 0 heterocycles. The minimum atomic E-state index is -0.296. The maximum Gasteiger partial charge on any atom is 0.173 e. The molecule has 0 amide bonds. The number of aliphatic hydroxyl groups is 3. The first-order valence-electron chi connectivity index (χ1n) is 8.00. The number of aliphatic hydroxyl groups excluding tert-OH is 3. The molecule has 10 heteroatoms. The van der Waals surface area contributed by atoms with Crippen LogP contribution in [0, 0.1) is 0 Å². The van der Waals surface area contributed by atoms with Crippen LogP contribution in [0.4, 0.5) is 0 Å². The van der Waals surface area contributed by atoms with Gasteiger partial charge >= 0.3 is 0 Å². The van der Waals surface area contributed by atoms with E-state index in [1.54, 1.807) is 0 Å². The van der Waals surface area contributed by atoms with E-state index in [4.69, 9.17) is 32.5 Å². The largest absolute Gasteiger partial charge is 0.501 e. The molecule has 3 atom stereocenters. The van der Waals surface area contributed by atoms with Crippen LogP contribution in [-0.4, -0.2) is 48.6 Å². The summed E-state index contributed by atoms with van der Waals surface area (Å²) in [5.74, 6) is 0. The first-order valence-corrected chi connectivity index (χ1v) is 9.22. The molecule has 0 saturated carbocycles. The number of hydrogen-bond acceptors (Lipinski definition) is 6. The Balaban J connectivity index is -0.000000130. The van der Waals surface area contributed by atoms with Crippen LogP contribution in [0.5, 0.6) is 0 Å². The molecule has 0 aromatic carbocycles. The summed E-state index contributed by atoms with van der Waals surface area (Å²) in [7, 11) is 0. The minimum absolute atomic E-state index is 0. The summed E-state index contributed by atoms with van der Waals surface area (Å²) in [4.78, 5) is 0. The van der Waals surface area contributed by atoms with Crippen molar-refractivity contribution >= 4 is 51.8 Å². The zero-order chi connectivity index (χ0) is 19.7. The predicted octanol–water partition coefficient (Wildman–Crippen LogP) is 3.00. The van der Waals surface area contributed by atoms with Crippen LogP contribution in [0.2, 0.25) is 0 Å². The van der Waals surface area contributed by atoms with Crippen LogP contribution in [0.3, 0.4) is 0 Å². The van der Waals surface area contributed by atoms with Crippen molar-refractivity contribution in [3.8, 4) is 0 Å². The van der Waals surface area contributed by atoms with Crippen LogP contribution >= 0.6 is 36.7 Å². The molecule has 0 radical (unpaired) electrons. The van der Waals surface area contributed by atoms with Crippen molar-refractivity contribution in [1.29, 1.82) is 0 Å². The van der Waals surface area contributed by atoms with Gasteiger partial charge in [0.25, 0.3) is 0 Å². The van der Waals surface area contributed by atoms with E-state index in [1.165, 1.54) is 0 Å². The second-order valence-corrected chi connectivity index (χ2v) is 6.46. The van der Waals surface area contributed by atoms with E-state index in [-0.39, 0.29) is 50.6 Å². The smallest absolute Gasteiger partial charge is 0.173 e. The van der Waals surface area contributed by atoms with Crippen molar-refractivity contribution in [3.63, 3.8) is 0 Å². The third-order valence-corrected chi connectivity index (χ3v) is 3.66. The Kier molecular flexibility index (Phi) is 29.0. The Morgan fingerprint density at radius 3 is 0.840 bits per heavy atom. The van der Waals surface area contributed by atoms with Gasteiger partial charge in [-0.3, -0.25) is 0 Å². The average Bonchev–Trinajstić information content (AvgIpc) is 2.49. The van der Waals surface area contributed by atoms with Crippen molar-refractivity contribution < 1.29 is 32.7 Å². The number of rotatable bonds is 9. The molecule has 9 N–H and O–H groups in total. The molecule has 25 heavy (non-hydrogen) atoms. The van der Waals surface area contributed by atoms with Crippen LogP contribution in [0.25, 0.3) is 0 Å². The van der Waals surface area contributed by atoms with Gasteiger partial charge in [0.1, 0.15) is 0 Å². The molecule has 0 rings (SSSR count). The Hall–Kier alpha value is 0.0825. The molecule has 0 saturated heterocycles. The first kappa shape index (κ1) is 32.7. The van der Waals surface area contributed by atoms with E-state index < -0.39 is 0 Å². The molecule has 150 valence electrons. The van der Waals surface area contributed by atoms with Gasteiger partial charge in [-0.25, -0.2) is 0 Å². The molecule has 0 bridgehead atoms. The van der Waals surface area contributed by atoms with Gasteiger partial charge in [-0.15, -0.1) is 0 Å². The van der Waals surface area contributed by atoms with Gasteiger partial charge in [0, 0.05) is 17.4 Å². The zero-order valence-corrected chi connectivity index (χ0v) is 18.9. The van der Waals surface area contributed by atoms with Crippen LogP contribution < -0.4 is 17.2 Å². The van der Waals surface area contributed by atoms with Crippen molar-refractivity contribution in [1.82, 2.24) is 0 Å². The predicted molar refractivity (Wildman–Crippen MR) is 114 cm³/mol. The molecule has 6 nitrogen and oxygen atoms in total. The van der Waals surface area contributed by atoms with E-state index >= 15 is 0 Å². The summed E-state index contributed by atoms with van der Waals surface area (Å²) in [6.45, 7) is 5.99. The summed E-state index contributed by atoms with van der Waals surface area (Å²) in [5, 5.41) is 25.4. The van der Waals surface area contributed by atoms with Crippen molar-refractivity contribution in [2.75, 3.05) is 0 Å². The molecule has 0 spiro atoms. The van der Waals surface area contributed by atoms with Gasteiger partial charge in [0.15, 0.2) is 15.2 Å². The van der Waals surface area contributed by atoms with Crippen molar-refractivity contribution in [2.24, 2.45) is 17.2 Å². The number of hydrogen-bond donors (Lipinski definition) is 6. The zero-order valence-electron chi connectivity index (χ0n) is 15.2. The first-order chi connectivity index (χ1) is 11.0. The van der Waals surface area contributed by atoms with E-state index in [1.807, 2.05) is 20.8 Å². The fourth-order valence-corrected chi connectivity index (χ4v) is 1.66. The third kappa shape index (κ3) is 26.4. The number of nitrogens with two attached hydrogens (primary N) is 3. The maximum absolute atomic E-state index is 8.56. The van der Waals surface area contributed by atoms with E-state index in [0.29, 0.717) is 0 Å². The van der Waals surface area contributed by atoms with Crippen molar-refractivity contribution in [2.45, 2.75) is 77.4 Å². The monoisotopic (exact) mass is 451 g/mol. The molecule has 0 aromatic heterocycles. The Morgan fingerprint density at radius 2 is 0.800 bits per heavy atom. The summed E-state index contributed by atoms with van der Waals surface area (Å²) >= 11 is 13.2. The van der Waals surface area contributed by atoms with Crippen LogP contribution in [0.15, 0.2) is 0 Å². The summed E-state index contributed by atoms with van der Waals surface area (Å²) in [6.07, 6.45) is 5.20. The molecular weight excluding hydrogens is 418 g/mol. The fourth-order valence-electron chi connectivity index (χ4n) is 1.30. The average molecular weight is 452 g/mol. The van der Waals surface area contributed by atoms with Gasteiger partial charge < -0.3 is 32.5 Å². The maximum atomic E-state index is 8.56. The quantitative estimate of drug-likeness (QED) is 0.292. The Morgan fingerprint density at radius 1 is 0.640 bits per heavy atom. The summed E-state index contributed by atoms with van der Waals surface area (Å²) < 4.78 is 0. The van der Waals surface area contributed by atoms with Gasteiger partial charge in [0.05, 0.1) is 18.1 Å². The summed E-state index contributed by atoms with van der Waals surface area (Å²) in [6, 6.07) is -0.889. The topological polar surface area (TPSA) is 139 Å². The second-order valence-electron chi connectivity index (χ2n) is 5.20. The van der Waals surface area contributed by atoms with E-state index in [0.717, 1.165) is 38.5 Å². The molecule has 0 aliphatic rings. The van der Waals surface area contributed by atoms with Gasteiger partial charge in [-0.2, -0.15) is 0 Å². The van der Waals surface area contributed by atoms with E-state index in [9.17, 15) is 0 Å². The standard InChI is InChI=1S/3C5H11NOS.Cr/c3*1-2-3-4(6)5(7)8;/h3*4H,2-3,6H2,1H3,(H,7,8);. The fraction of sp³-hybridized carbons (Fsp3) is 0.800. The molecule has 0 aliphatic carbocycles. The molecule has 3 unspecified atom stereocenters. The van der Waals surface area contributed by atoms with Crippen LogP contribution in [0.1, 0.15) is 59.3 Å². The second kappa shape index (κ2) is 22.1. The van der Waals surface area contributed by atoms with Gasteiger partial charge in [0.2, 0.25) is 0 Å². The van der Waals surface area contributed by atoms with Gasteiger partial charge in [-0.1, -0.05) is 40.0 Å².